The van der Waals surface area contributed by atoms with Crippen LogP contribution in [0.2, 0.25) is 0 Å². The molecule has 6 rings (SSSR count). The molecular formula is C24H19FN8S. The molecule has 0 fully saturated rings. The zero-order chi connectivity index (χ0) is 23.4. The van der Waals surface area contributed by atoms with Gasteiger partial charge in [-0.15, -0.1) is 11.3 Å². The molecule has 6 aromatic heterocycles. The Morgan fingerprint density at radius 2 is 1.82 bits per heavy atom. The molecule has 168 valence electrons. The maximum absolute atomic E-state index is 15.9. The van der Waals surface area contributed by atoms with E-state index in [0.717, 1.165) is 27.2 Å². The van der Waals surface area contributed by atoms with Crippen LogP contribution in [0.3, 0.4) is 0 Å². The van der Waals surface area contributed by atoms with Crippen molar-refractivity contribution in [3.8, 4) is 33.2 Å². The number of thiophene rings is 1. The normalized spacial score (nSPS) is 11.5. The quantitative estimate of drug-likeness (QED) is 0.367. The molecule has 0 saturated carbocycles. The molecule has 0 aromatic carbocycles. The van der Waals surface area contributed by atoms with Gasteiger partial charge in [-0.2, -0.15) is 5.10 Å². The first-order valence-electron chi connectivity index (χ1n) is 10.6. The molecule has 0 aliphatic rings. The monoisotopic (exact) mass is 470 g/mol. The Bertz CT molecular complexity index is 1680. The van der Waals surface area contributed by atoms with E-state index < -0.39 is 5.82 Å². The van der Waals surface area contributed by atoms with Gasteiger partial charge in [-0.1, -0.05) is 0 Å². The van der Waals surface area contributed by atoms with Crippen molar-refractivity contribution in [2.24, 2.45) is 0 Å². The zero-order valence-electron chi connectivity index (χ0n) is 18.6. The summed E-state index contributed by atoms with van der Waals surface area (Å²) >= 11 is 1.68. The number of aromatic nitrogens is 7. The number of nitrogens with one attached hydrogen (secondary N) is 2. The summed E-state index contributed by atoms with van der Waals surface area (Å²) in [5.74, 6) is -0.0216. The van der Waals surface area contributed by atoms with E-state index in [4.69, 9.17) is 4.98 Å². The van der Waals surface area contributed by atoms with E-state index in [9.17, 15) is 0 Å². The molecule has 0 amide bonds. The highest BCUT2D eigenvalue weighted by atomic mass is 32.1. The number of pyridine rings is 3. The lowest BCUT2D eigenvalue weighted by atomic mass is 10.1. The molecule has 0 atom stereocenters. The molecule has 34 heavy (non-hydrogen) atoms. The third-order valence-corrected chi connectivity index (χ3v) is 6.72. The molecule has 10 heteroatoms. The average Bonchev–Trinajstić information content (AvgIpc) is 3.56. The van der Waals surface area contributed by atoms with E-state index in [1.54, 1.807) is 42.3 Å². The maximum Gasteiger partial charge on any atom is 0.161 e. The van der Waals surface area contributed by atoms with Gasteiger partial charge in [-0.3, -0.25) is 20.1 Å². The molecule has 6 aromatic rings. The standard InChI is InChI=1S/C24H19FN8S/c1-12-4-5-18(34-12)15-9-27-10-17-22(15)30-24(29-17)23-19-16(31-32-23)11-28-21(20(19)25)13-6-14(33(2)3)8-26-7-13/h4-11H,1-3H3,(H,29,30)(H,31,32). The van der Waals surface area contributed by atoms with Crippen molar-refractivity contribution in [1.82, 2.24) is 35.1 Å². The molecule has 0 saturated heterocycles. The van der Waals surface area contributed by atoms with Crippen LogP contribution in [-0.4, -0.2) is 49.2 Å². The highest BCUT2D eigenvalue weighted by Gasteiger charge is 2.21. The Labute approximate surface area is 197 Å². The van der Waals surface area contributed by atoms with Crippen molar-refractivity contribution >= 4 is 39.0 Å². The SMILES string of the molecule is Cc1ccc(-c2cncc3[nH]c(-c4n[nH]c5cnc(-c6cncc(N(C)C)c6)c(F)c45)nc23)s1. The first-order chi connectivity index (χ1) is 16.5. The number of anilines is 1. The van der Waals surface area contributed by atoms with Crippen molar-refractivity contribution in [3.63, 3.8) is 0 Å². The molecular weight excluding hydrogens is 451 g/mol. The second-order valence-electron chi connectivity index (χ2n) is 8.19. The van der Waals surface area contributed by atoms with Crippen LogP contribution in [0.1, 0.15) is 4.88 Å². The van der Waals surface area contributed by atoms with Gasteiger partial charge in [-0.05, 0) is 25.1 Å². The van der Waals surface area contributed by atoms with E-state index in [0.29, 0.717) is 28.0 Å². The number of aromatic amines is 2. The molecule has 0 radical (unpaired) electrons. The summed E-state index contributed by atoms with van der Waals surface area (Å²) in [5, 5.41) is 7.57. The first-order valence-corrected chi connectivity index (χ1v) is 11.4. The van der Waals surface area contributed by atoms with Gasteiger partial charge in [0.25, 0.3) is 0 Å². The Balaban J connectivity index is 1.52. The van der Waals surface area contributed by atoms with Crippen LogP contribution in [0.15, 0.2) is 49.2 Å². The molecule has 0 aliphatic heterocycles. The minimum atomic E-state index is -0.480. The summed E-state index contributed by atoms with van der Waals surface area (Å²) in [6, 6.07) is 5.98. The van der Waals surface area contributed by atoms with Crippen LogP contribution in [0, 0.1) is 12.7 Å². The van der Waals surface area contributed by atoms with Gasteiger partial charge >= 0.3 is 0 Å². The van der Waals surface area contributed by atoms with Crippen molar-refractivity contribution < 1.29 is 4.39 Å². The Kier molecular flexibility index (Phi) is 4.63. The number of hydrogen-bond donors (Lipinski definition) is 2. The van der Waals surface area contributed by atoms with E-state index in [1.165, 1.54) is 4.88 Å². The fourth-order valence-corrected chi connectivity index (χ4v) is 4.83. The predicted molar refractivity (Wildman–Crippen MR) is 132 cm³/mol. The van der Waals surface area contributed by atoms with Gasteiger partial charge in [0.2, 0.25) is 0 Å². The topological polar surface area (TPSA) is 99.3 Å². The number of fused-ring (bicyclic) bond motifs is 2. The van der Waals surface area contributed by atoms with Crippen molar-refractivity contribution in [2.45, 2.75) is 6.92 Å². The number of imidazole rings is 1. The number of halogens is 1. The fraction of sp³-hybridized carbons (Fsp3) is 0.125. The third kappa shape index (κ3) is 3.22. The van der Waals surface area contributed by atoms with Gasteiger partial charge in [0.1, 0.15) is 16.9 Å². The summed E-state index contributed by atoms with van der Waals surface area (Å²) in [6.45, 7) is 2.06. The van der Waals surface area contributed by atoms with Crippen molar-refractivity contribution in [3.05, 3.63) is 59.9 Å². The summed E-state index contributed by atoms with van der Waals surface area (Å²) in [5.41, 5.74) is 4.96. The minimum absolute atomic E-state index is 0.207. The lowest BCUT2D eigenvalue weighted by molar-refractivity contribution is 0.638. The summed E-state index contributed by atoms with van der Waals surface area (Å²) < 4.78 is 15.9. The number of hydrogen-bond acceptors (Lipinski definition) is 7. The molecule has 2 N–H and O–H groups in total. The smallest absolute Gasteiger partial charge is 0.161 e. The first kappa shape index (κ1) is 20.4. The Morgan fingerprint density at radius 1 is 0.971 bits per heavy atom. The number of nitrogens with zero attached hydrogens (tertiary/aromatic N) is 6. The van der Waals surface area contributed by atoms with Crippen LogP contribution in [0.4, 0.5) is 10.1 Å². The van der Waals surface area contributed by atoms with Crippen LogP contribution >= 0.6 is 11.3 Å². The predicted octanol–water partition coefficient (Wildman–Crippen LogP) is 5.20. The van der Waals surface area contributed by atoms with E-state index in [1.807, 2.05) is 25.1 Å². The average molecular weight is 471 g/mol. The highest BCUT2D eigenvalue weighted by molar-refractivity contribution is 7.15. The lowest BCUT2D eigenvalue weighted by Gasteiger charge is -2.13. The van der Waals surface area contributed by atoms with Gasteiger partial charge in [0, 0.05) is 47.4 Å². The van der Waals surface area contributed by atoms with Gasteiger partial charge in [0.05, 0.1) is 40.7 Å². The number of H-pyrrole nitrogens is 2. The Hall–Kier alpha value is -4.18. The Morgan fingerprint density at radius 3 is 2.62 bits per heavy atom. The van der Waals surface area contributed by atoms with E-state index in [2.05, 4.69) is 49.2 Å². The molecule has 8 nitrogen and oxygen atoms in total. The van der Waals surface area contributed by atoms with Gasteiger partial charge < -0.3 is 9.88 Å². The van der Waals surface area contributed by atoms with Crippen molar-refractivity contribution in [2.75, 3.05) is 19.0 Å². The van der Waals surface area contributed by atoms with Gasteiger partial charge in [0.15, 0.2) is 11.6 Å². The van der Waals surface area contributed by atoms with Crippen LogP contribution in [0.25, 0.3) is 55.2 Å². The zero-order valence-corrected chi connectivity index (χ0v) is 19.4. The molecule has 6 heterocycles. The summed E-state index contributed by atoms with van der Waals surface area (Å²) in [6.07, 6.45) is 8.42. The molecule has 0 unspecified atom stereocenters. The van der Waals surface area contributed by atoms with Crippen LogP contribution in [0.5, 0.6) is 0 Å². The van der Waals surface area contributed by atoms with Crippen LogP contribution < -0.4 is 4.90 Å². The second kappa shape index (κ2) is 7.70. The van der Waals surface area contributed by atoms with Crippen LogP contribution in [-0.2, 0) is 0 Å². The van der Waals surface area contributed by atoms with Crippen molar-refractivity contribution in [1.29, 1.82) is 0 Å². The van der Waals surface area contributed by atoms with Gasteiger partial charge in [-0.25, -0.2) is 9.37 Å². The summed E-state index contributed by atoms with van der Waals surface area (Å²) in [4.78, 5) is 25.2. The van der Waals surface area contributed by atoms with E-state index in [-0.39, 0.29) is 5.69 Å². The summed E-state index contributed by atoms with van der Waals surface area (Å²) in [7, 11) is 3.81. The second-order valence-corrected chi connectivity index (χ2v) is 9.47. The lowest BCUT2D eigenvalue weighted by Crippen LogP contribution is -2.09. The number of rotatable bonds is 4. The van der Waals surface area contributed by atoms with E-state index >= 15 is 4.39 Å². The molecule has 0 aliphatic carbocycles. The number of aryl methyl sites for hydroxylation is 1. The third-order valence-electron chi connectivity index (χ3n) is 5.68. The largest absolute Gasteiger partial charge is 0.376 e. The maximum atomic E-state index is 15.9. The molecule has 0 bridgehead atoms. The fourth-order valence-electron chi connectivity index (χ4n) is 3.95. The molecule has 0 spiro atoms. The highest BCUT2D eigenvalue weighted by Crippen LogP contribution is 2.36. The minimum Gasteiger partial charge on any atom is -0.376 e.